The number of hydrogen-bond donors (Lipinski definition) is 3. The quantitative estimate of drug-likeness (QED) is 0.375. The summed E-state index contributed by atoms with van der Waals surface area (Å²) in [5, 5.41) is 3.17. The van der Waals surface area contributed by atoms with Crippen LogP contribution in [0.15, 0.2) is 24.3 Å². The first-order chi connectivity index (χ1) is 12.5. The summed E-state index contributed by atoms with van der Waals surface area (Å²) in [6.07, 6.45) is 9.60. The van der Waals surface area contributed by atoms with Crippen LogP contribution in [0.4, 0.5) is 0 Å². The van der Waals surface area contributed by atoms with Crippen molar-refractivity contribution in [3.05, 3.63) is 29.8 Å². The van der Waals surface area contributed by atoms with Gasteiger partial charge in [0.1, 0.15) is 11.9 Å². The van der Waals surface area contributed by atoms with Crippen LogP contribution in [0.25, 0.3) is 0 Å². The van der Waals surface area contributed by atoms with Crippen LogP contribution in [0, 0.1) is 0 Å². The molecule has 1 aromatic carbocycles. The third kappa shape index (κ3) is 8.65. The Morgan fingerprint density at radius 2 is 1.81 bits per heavy atom. The fourth-order valence-electron chi connectivity index (χ4n) is 3.22. The predicted molar refractivity (Wildman–Crippen MR) is 102 cm³/mol. The van der Waals surface area contributed by atoms with Gasteiger partial charge in [0.25, 0.3) is 0 Å². The van der Waals surface area contributed by atoms with E-state index in [-0.39, 0.29) is 18.8 Å². The van der Waals surface area contributed by atoms with Gasteiger partial charge in [-0.1, -0.05) is 51.2 Å². The molecule has 1 fully saturated rings. The van der Waals surface area contributed by atoms with Crippen molar-refractivity contribution in [3.63, 3.8) is 0 Å². The predicted octanol–water partition coefficient (Wildman–Crippen LogP) is 3.81. The summed E-state index contributed by atoms with van der Waals surface area (Å²) < 4.78 is 21.2. The second-order valence-corrected chi connectivity index (χ2v) is 8.27. The Kier molecular flexibility index (Phi) is 9.09. The molecule has 0 spiro atoms. The van der Waals surface area contributed by atoms with Crippen LogP contribution < -0.4 is 10.1 Å². The Morgan fingerprint density at radius 1 is 1.12 bits per heavy atom. The molecule has 7 heteroatoms. The number of benzene rings is 1. The number of aryl methyl sites for hydroxylation is 1. The maximum atomic E-state index is 10.7. The Morgan fingerprint density at radius 3 is 2.50 bits per heavy atom. The number of unbranched alkanes of at least 4 members (excludes halogenated alkanes) is 5. The van der Waals surface area contributed by atoms with E-state index in [1.54, 1.807) is 0 Å². The third-order valence-corrected chi connectivity index (χ3v) is 5.16. The standard InChI is InChI=1S/C19H32NO5P/c1-2-3-4-5-6-7-8-16-9-11-18(12-10-16)25-19-13-17(20-14-19)15-24-26(21,22)23/h9-12,17,19-20H,2-8,13-15H2,1H3,(H2,21,22,23)/t17-,19+/m0/s1. The van der Waals surface area contributed by atoms with Crippen LogP contribution in [0.5, 0.6) is 5.75 Å². The number of rotatable bonds is 12. The molecule has 1 heterocycles. The van der Waals surface area contributed by atoms with Crippen molar-refractivity contribution >= 4 is 7.82 Å². The Balaban J connectivity index is 1.65. The Bertz CT molecular complexity index is 560. The molecule has 26 heavy (non-hydrogen) atoms. The molecule has 0 aliphatic carbocycles. The van der Waals surface area contributed by atoms with Crippen LogP contribution in [-0.2, 0) is 15.5 Å². The van der Waals surface area contributed by atoms with Gasteiger partial charge in [-0.05, 0) is 30.5 Å². The van der Waals surface area contributed by atoms with E-state index in [0.717, 1.165) is 12.2 Å². The minimum absolute atomic E-state index is 0.00946. The summed E-state index contributed by atoms with van der Waals surface area (Å²) in [6, 6.07) is 8.16. The highest BCUT2D eigenvalue weighted by Crippen LogP contribution is 2.36. The van der Waals surface area contributed by atoms with E-state index in [0.29, 0.717) is 13.0 Å². The minimum Gasteiger partial charge on any atom is -0.489 e. The van der Waals surface area contributed by atoms with E-state index in [1.807, 2.05) is 12.1 Å². The number of hydrogen-bond acceptors (Lipinski definition) is 4. The van der Waals surface area contributed by atoms with Gasteiger partial charge in [0.2, 0.25) is 0 Å². The zero-order valence-corrected chi connectivity index (χ0v) is 16.5. The van der Waals surface area contributed by atoms with Crippen molar-refractivity contribution in [3.8, 4) is 5.75 Å². The molecule has 2 atom stereocenters. The highest BCUT2D eigenvalue weighted by molar-refractivity contribution is 7.46. The van der Waals surface area contributed by atoms with Crippen molar-refractivity contribution in [1.29, 1.82) is 0 Å². The molecular formula is C19H32NO5P. The van der Waals surface area contributed by atoms with E-state index in [4.69, 9.17) is 14.5 Å². The van der Waals surface area contributed by atoms with Gasteiger partial charge in [0, 0.05) is 19.0 Å². The van der Waals surface area contributed by atoms with Gasteiger partial charge in [0.15, 0.2) is 0 Å². The molecule has 0 bridgehead atoms. The van der Waals surface area contributed by atoms with Gasteiger partial charge >= 0.3 is 7.82 Å². The summed E-state index contributed by atoms with van der Waals surface area (Å²) in [6.45, 7) is 2.87. The van der Waals surface area contributed by atoms with Gasteiger partial charge in [-0.15, -0.1) is 0 Å². The molecule has 0 aromatic heterocycles. The molecule has 1 aliphatic heterocycles. The molecule has 1 saturated heterocycles. The van der Waals surface area contributed by atoms with E-state index >= 15 is 0 Å². The Hall–Kier alpha value is -0.910. The summed E-state index contributed by atoms with van der Waals surface area (Å²) >= 11 is 0. The molecule has 148 valence electrons. The van der Waals surface area contributed by atoms with E-state index < -0.39 is 7.82 Å². The first kappa shape index (κ1) is 21.4. The molecular weight excluding hydrogens is 353 g/mol. The average molecular weight is 385 g/mol. The van der Waals surface area contributed by atoms with E-state index in [2.05, 4.69) is 28.9 Å². The first-order valence-corrected chi connectivity index (χ1v) is 11.2. The molecule has 0 unspecified atom stereocenters. The average Bonchev–Trinajstić information content (AvgIpc) is 3.04. The lowest BCUT2D eigenvalue weighted by atomic mass is 10.0. The smallest absolute Gasteiger partial charge is 0.469 e. The van der Waals surface area contributed by atoms with Gasteiger partial charge in [0.05, 0.1) is 6.61 Å². The second-order valence-electron chi connectivity index (χ2n) is 7.03. The number of phosphoric acid groups is 1. The van der Waals surface area contributed by atoms with Crippen LogP contribution in [0.1, 0.15) is 57.4 Å². The van der Waals surface area contributed by atoms with Gasteiger partial charge in [-0.2, -0.15) is 0 Å². The van der Waals surface area contributed by atoms with Crippen molar-refractivity contribution in [2.24, 2.45) is 0 Å². The summed E-state index contributed by atoms with van der Waals surface area (Å²) in [5.74, 6) is 0.833. The number of nitrogens with one attached hydrogen (secondary N) is 1. The monoisotopic (exact) mass is 385 g/mol. The molecule has 0 saturated carbocycles. The minimum atomic E-state index is -4.41. The first-order valence-electron chi connectivity index (χ1n) is 9.65. The van der Waals surface area contributed by atoms with Crippen LogP contribution in [0.2, 0.25) is 0 Å². The van der Waals surface area contributed by atoms with Crippen molar-refractivity contribution in [1.82, 2.24) is 5.32 Å². The van der Waals surface area contributed by atoms with Crippen LogP contribution in [0.3, 0.4) is 0 Å². The summed E-state index contributed by atoms with van der Waals surface area (Å²) in [5.41, 5.74) is 1.34. The second kappa shape index (κ2) is 11.1. The summed E-state index contributed by atoms with van der Waals surface area (Å²) in [4.78, 5) is 17.5. The van der Waals surface area contributed by atoms with Gasteiger partial charge < -0.3 is 19.8 Å². The molecule has 0 amide bonds. The molecule has 3 N–H and O–H groups in total. The molecule has 0 radical (unpaired) electrons. The van der Waals surface area contributed by atoms with Gasteiger partial charge in [-0.25, -0.2) is 4.57 Å². The number of phosphoric ester groups is 1. The molecule has 6 nitrogen and oxygen atoms in total. The zero-order valence-electron chi connectivity index (χ0n) is 15.6. The van der Waals surface area contributed by atoms with Crippen molar-refractivity contribution < 1.29 is 23.6 Å². The molecule has 1 aromatic rings. The maximum Gasteiger partial charge on any atom is 0.469 e. The van der Waals surface area contributed by atoms with E-state index in [1.165, 1.54) is 44.1 Å². The fourth-order valence-corrected chi connectivity index (χ4v) is 3.60. The lowest BCUT2D eigenvalue weighted by Crippen LogP contribution is -2.26. The molecule has 1 aliphatic rings. The largest absolute Gasteiger partial charge is 0.489 e. The Labute approximate surface area is 156 Å². The van der Waals surface area contributed by atoms with E-state index in [9.17, 15) is 4.57 Å². The SMILES string of the molecule is CCCCCCCCc1ccc(O[C@H]2CN[C@H](COP(=O)(O)O)C2)cc1. The van der Waals surface area contributed by atoms with Crippen LogP contribution in [-0.4, -0.2) is 35.1 Å². The highest BCUT2D eigenvalue weighted by atomic mass is 31.2. The zero-order chi connectivity index (χ0) is 18.8. The normalized spacial score (nSPS) is 20.4. The third-order valence-electron chi connectivity index (χ3n) is 4.67. The highest BCUT2D eigenvalue weighted by Gasteiger charge is 2.28. The maximum absolute atomic E-state index is 10.7. The summed E-state index contributed by atoms with van der Waals surface area (Å²) in [7, 11) is -4.41. The lowest BCUT2D eigenvalue weighted by molar-refractivity contribution is 0.173. The molecule has 2 rings (SSSR count). The lowest BCUT2D eigenvalue weighted by Gasteiger charge is -2.14. The fraction of sp³-hybridized carbons (Fsp3) is 0.684. The van der Waals surface area contributed by atoms with Crippen LogP contribution >= 0.6 is 7.82 Å². The number of ether oxygens (including phenoxy) is 1. The van der Waals surface area contributed by atoms with Crippen molar-refractivity contribution in [2.75, 3.05) is 13.2 Å². The van der Waals surface area contributed by atoms with Gasteiger partial charge in [-0.3, -0.25) is 4.52 Å². The van der Waals surface area contributed by atoms with Crippen molar-refractivity contribution in [2.45, 2.75) is 70.4 Å². The topological polar surface area (TPSA) is 88.0 Å².